The Morgan fingerprint density at radius 1 is 0.500 bits per heavy atom. The Hall–Kier alpha value is -4.78. The molecular formula is C36H34O6. The summed E-state index contributed by atoms with van der Waals surface area (Å²) in [5.41, 5.74) is 3.60. The number of carbonyl (C=O) groups is 2. The molecule has 4 aromatic rings. The van der Waals surface area contributed by atoms with E-state index in [0.717, 1.165) is 22.3 Å². The van der Waals surface area contributed by atoms with Crippen LogP contribution in [0.4, 0.5) is 0 Å². The van der Waals surface area contributed by atoms with Crippen molar-refractivity contribution >= 4 is 11.9 Å². The van der Waals surface area contributed by atoms with E-state index in [1.165, 1.54) is 0 Å². The van der Waals surface area contributed by atoms with Gasteiger partial charge in [-0.2, -0.15) is 0 Å². The highest BCUT2D eigenvalue weighted by Crippen LogP contribution is 2.21. The molecule has 0 radical (unpaired) electrons. The molecule has 0 saturated heterocycles. The van der Waals surface area contributed by atoms with Gasteiger partial charge in [0.15, 0.2) is 0 Å². The van der Waals surface area contributed by atoms with Crippen molar-refractivity contribution < 1.29 is 28.5 Å². The lowest BCUT2D eigenvalue weighted by Gasteiger charge is -2.16. The highest BCUT2D eigenvalue weighted by atomic mass is 16.6. The monoisotopic (exact) mass is 562 g/mol. The van der Waals surface area contributed by atoms with E-state index in [9.17, 15) is 9.59 Å². The lowest BCUT2D eigenvalue weighted by Crippen LogP contribution is -2.16. The van der Waals surface area contributed by atoms with Crippen LogP contribution in [0.1, 0.15) is 34.5 Å². The first-order valence-electron chi connectivity index (χ1n) is 13.7. The average molecular weight is 563 g/mol. The molecule has 0 unspecified atom stereocenters. The van der Waals surface area contributed by atoms with Crippen LogP contribution in [0.5, 0.6) is 0 Å². The second kappa shape index (κ2) is 17.1. The third-order valence-corrected chi connectivity index (χ3v) is 6.12. The van der Waals surface area contributed by atoms with Gasteiger partial charge in [0.25, 0.3) is 0 Å². The van der Waals surface area contributed by atoms with Crippen LogP contribution in [-0.2, 0) is 41.8 Å². The third-order valence-electron chi connectivity index (χ3n) is 6.12. The van der Waals surface area contributed by atoms with Crippen LogP contribution in [0.3, 0.4) is 0 Å². The largest absolute Gasteiger partial charge is 0.451 e. The average Bonchev–Trinajstić information content (AvgIpc) is 3.04. The second-order valence-corrected chi connectivity index (χ2v) is 9.37. The summed E-state index contributed by atoms with van der Waals surface area (Å²) in [6, 6.07) is 38.2. The van der Waals surface area contributed by atoms with Gasteiger partial charge < -0.3 is 18.9 Å². The summed E-state index contributed by atoms with van der Waals surface area (Å²) >= 11 is 0. The molecule has 0 bridgehead atoms. The normalized spacial score (nSPS) is 12.7. The summed E-state index contributed by atoms with van der Waals surface area (Å²) in [6.07, 6.45) is 5.85. The summed E-state index contributed by atoms with van der Waals surface area (Å²) in [5.74, 6) is -0.944. The summed E-state index contributed by atoms with van der Waals surface area (Å²) in [5, 5.41) is 0. The lowest BCUT2D eigenvalue weighted by molar-refractivity contribution is -0.154. The van der Waals surface area contributed by atoms with Gasteiger partial charge in [0, 0.05) is 0 Å². The van der Waals surface area contributed by atoms with Gasteiger partial charge in [-0.3, -0.25) is 0 Å². The van der Waals surface area contributed by atoms with Crippen molar-refractivity contribution in [3.8, 4) is 0 Å². The zero-order valence-corrected chi connectivity index (χ0v) is 23.3. The number of rotatable bonds is 15. The van der Waals surface area contributed by atoms with Crippen LogP contribution >= 0.6 is 0 Å². The third kappa shape index (κ3) is 10.7. The van der Waals surface area contributed by atoms with Gasteiger partial charge in [-0.1, -0.05) is 133 Å². The molecule has 0 spiro atoms. The summed E-state index contributed by atoms with van der Waals surface area (Å²) < 4.78 is 22.5. The van der Waals surface area contributed by atoms with Gasteiger partial charge in [-0.25, -0.2) is 9.59 Å². The van der Waals surface area contributed by atoms with E-state index in [-0.39, 0.29) is 13.2 Å². The van der Waals surface area contributed by atoms with E-state index in [4.69, 9.17) is 18.9 Å². The van der Waals surface area contributed by atoms with Crippen LogP contribution in [-0.4, -0.2) is 25.2 Å². The van der Waals surface area contributed by atoms with Crippen molar-refractivity contribution in [1.29, 1.82) is 0 Å². The van der Waals surface area contributed by atoms with Crippen molar-refractivity contribution in [3.05, 3.63) is 168 Å². The smallest absolute Gasteiger partial charge is 0.333 e. The predicted molar refractivity (Wildman–Crippen MR) is 161 cm³/mol. The Morgan fingerprint density at radius 2 is 0.833 bits per heavy atom. The fraction of sp³-hybridized carbons (Fsp3) is 0.167. The van der Waals surface area contributed by atoms with Gasteiger partial charge in [0.05, 0.1) is 13.2 Å². The molecule has 0 amide bonds. The van der Waals surface area contributed by atoms with E-state index in [1.807, 2.05) is 121 Å². The first-order valence-corrected chi connectivity index (χ1v) is 13.7. The molecule has 0 aliphatic carbocycles. The molecule has 0 heterocycles. The molecule has 6 heteroatoms. The number of allylic oxidation sites excluding steroid dienone is 2. The SMILES string of the molecule is O=C(COCc1ccccc1)O[C@@H](/C=C/C=C/[C@H](OC(=O)COCc1ccccc1)c1ccccc1)c1ccccc1. The molecule has 4 rings (SSSR count). The zero-order chi connectivity index (χ0) is 29.2. The van der Waals surface area contributed by atoms with Gasteiger partial charge in [-0.15, -0.1) is 0 Å². The molecule has 214 valence electrons. The quantitative estimate of drug-likeness (QED) is 0.114. The topological polar surface area (TPSA) is 71.1 Å². The minimum atomic E-state index is -0.618. The highest BCUT2D eigenvalue weighted by Gasteiger charge is 2.15. The Bertz CT molecular complexity index is 1290. The number of hydrogen-bond donors (Lipinski definition) is 0. The van der Waals surface area contributed by atoms with Crippen molar-refractivity contribution in [2.75, 3.05) is 13.2 Å². The van der Waals surface area contributed by atoms with Gasteiger partial charge in [0.2, 0.25) is 0 Å². The fourth-order valence-electron chi connectivity index (χ4n) is 4.06. The maximum atomic E-state index is 12.6. The summed E-state index contributed by atoms with van der Waals surface area (Å²) in [6.45, 7) is 0.309. The number of ether oxygens (including phenoxy) is 4. The minimum absolute atomic E-state index is 0.166. The summed E-state index contributed by atoms with van der Waals surface area (Å²) in [7, 11) is 0. The van der Waals surface area contributed by atoms with E-state index in [0.29, 0.717) is 13.2 Å². The standard InChI is InChI=1S/C36H34O6/c37-35(27-39-25-29-15-5-1-6-16-29)41-33(31-19-9-3-10-20-31)23-13-14-24-34(32-21-11-4-12-22-32)42-36(38)28-40-26-30-17-7-2-8-18-30/h1-24,33-34H,25-28H2/b23-13+,24-14+/t33-,34-/m0/s1. The van der Waals surface area contributed by atoms with Crippen LogP contribution < -0.4 is 0 Å². The van der Waals surface area contributed by atoms with E-state index in [1.54, 1.807) is 24.3 Å². The van der Waals surface area contributed by atoms with Gasteiger partial charge in [0.1, 0.15) is 25.4 Å². The molecule has 42 heavy (non-hydrogen) atoms. The van der Waals surface area contributed by atoms with Crippen molar-refractivity contribution in [2.45, 2.75) is 25.4 Å². The highest BCUT2D eigenvalue weighted by molar-refractivity contribution is 5.71. The van der Waals surface area contributed by atoms with Crippen LogP contribution in [0.15, 0.2) is 146 Å². The number of esters is 2. The molecular weight excluding hydrogens is 528 g/mol. The molecule has 4 aromatic carbocycles. The maximum absolute atomic E-state index is 12.6. The molecule has 2 atom stereocenters. The zero-order valence-electron chi connectivity index (χ0n) is 23.3. The number of carbonyl (C=O) groups excluding carboxylic acids is 2. The summed E-state index contributed by atoms with van der Waals surface area (Å²) in [4.78, 5) is 25.1. The first-order chi connectivity index (χ1) is 20.7. The molecule has 0 fully saturated rings. The van der Waals surface area contributed by atoms with Crippen LogP contribution in [0.2, 0.25) is 0 Å². The van der Waals surface area contributed by atoms with Crippen molar-refractivity contribution in [2.24, 2.45) is 0 Å². The molecule has 0 aliphatic rings. The Morgan fingerprint density at radius 3 is 1.19 bits per heavy atom. The first kappa shape index (κ1) is 30.2. The Labute approximate surface area is 246 Å². The molecule has 0 aliphatic heterocycles. The lowest BCUT2D eigenvalue weighted by atomic mass is 10.1. The van der Waals surface area contributed by atoms with E-state index < -0.39 is 24.1 Å². The van der Waals surface area contributed by atoms with Crippen LogP contribution in [0.25, 0.3) is 0 Å². The van der Waals surface area contributed by atoms with Gasteiger partial charge in [-0.05, 0) is 34.4 Å². The second-order valence-electron chi connectivity index (χ2n) is 9.37. The fourth-order valence-corrected chi connectivity index (χ4v) is 4.06. The minimum Gasteiger partial charge on any atom is -0.451 e. The van der Waals surface area contributed by atoms with Crippen molar-refractivity contribution in [3.63, 3.8) is 0 Å². The van der Waals surface area contributed by atoms with E-state index in [2.05, 4.69) is 0 Å². The number of benzene rings is 4. The molecule has 0 N–H and O–H groups in total. The number of hydrogen-bond acceptors (Lipinski definition) is 6. The van der Waals surface area contributed by atoms with Gasteiger partial charge >= 0.3 is 11.9 Å². The molecule has 0 saturated carbocycles. The maximum Gasteiger partial charge on any atom is 0.333 e. The predicted octanol–water partition coefficient (Wildman–Crippen LogP) is 7.10. The van der Waals surface area contributed by atoms with E-state index >= 15 is 0 Å². The Kier molecular flexibility index (Phi) is 12.3. The Balaban J connectivity index is 1.35. The molecule has 6 nitrogen and oxygen atoms in total. The van der Waals surface area contributed by atoms with Crippen LogP contribution in [0, 0.1) is 0 Å². The van der Waals surface area contributed by atoms with Crippen molar-refractivity contribution in [1.82, 2.24) is 0 Å². The molecule has 0 aromatic heterocycles.